The molecule has 0 amide bonds. The van der Waals surface area contributed by atoms with Crippen LogP contribution in [0, 0.1) is 17.0 Å². The van der Waals surface area contributed by atoms with Crippen molar-refractivity contribution >= 4 is 5.69 Å². The minimum atomic E-state index is -0.469. The lowest BCUT2D eigenvalue weighted by molar-refractivity contribution is -0.384. The first-order chi connectivity index (χ1) is 8.09. The van der Waals surface area contributed by atoms with Gasteiger partial charge in [-0.25, -0.2) is 0 Å². The first kappa shape index (κ1) is 11.1. The van der Waals surface area contributed by atoms with E-state index in [2.05, 4.69) is 0 Å². The standard InChI is InChI=1S/C12H10N2O3/c1-9-3-2-8-13(12(9)15)10-4-6-11(7-5-10)14(16)17/h2-8H,1H3. The lowest BCUT2D eigenvalue weighted by atomic mass is 10.2. The molecule has 0 atom stereocenters. The van der Waals surface area contributed by atoms with Crippen molar-refractivity contribution < 1.29 is 4.92 Å². The van der Waals surface area contributed by atoms with Crippen LogP contribution in [0.1, 0.15) is 5.56 Å². The van der Waals surface area contributed by atoms with Crippen LogP contribution in [0.3, 0.4) is 0 Å². The Labute approximate surface area is 97.1 Å². The minimum Gasteiger partial charge on any atom is -0.284 e. The van der Waals surface area contributed by atoms with E-state index in [9.17, 15) is 14.9 Å². The van der Waals surface area contributed by atoms with Crippen molar-refractivity contribution in [3.05, 3.63) is 68.6 Å². The molecule has 0 unspecified atom stereocenters. The van der Waals surface area contributed by atoms with Crippen LogP contribution in [0.25, 0.3) is 5.69 Å². The number of hydrogen-bond acceptors (Lipinski definition) is 3. The van der Waals surface area contributed by atoms with Gasteiger partial charge in [0, 0.05) is 29.6 Å². The number of aromatic nitrogens is 1. The second-order valence-corrected chi connectivity index (χ2v) is 3.64. The van der Waals surface area contributed by atoms with E-state index in [1.807, 2.05) is 0 Å². The summed E-state index contributed by atoms with van der Waals surface area (Å²) in [5.41, 5.74) is 1.13. The molecule has 0 N–H and O–H groups in total. The van der Waals surface area contributed by atoms with Crippen molar-refractivity contribution in [2.45, 2.75) is 6.92 Å². The van der Waals surface area contributed by atoms with Gasteiger partial charge in [-0.15, -0.1) is 0 Å². The number of nitrogens with zero attached hydrogens (tertiary/aromatic N) is 2. The Hall–Kier alpha value is -2.43. The molecule has 0 bridgehead atoms. The molecule has 0 saturated heterocycles. The molecule has 2 rings (SSSR count). The number of nitro groups is 1. The molecule has 0 radical (unpaired) electrons. The molecule has 1 heterocycles. The number of rotatable bonds is 2. The van der Waals surface area contributed by atoms with Gasteiger partial charge < -0.3 is 0 Å². The van der Waals surface area contributed by atoms with E-state index >= 15 is 0 Å². The third-order valence-corrected chi connectivity index (χ3v) is 2.48. The van der Waals surface area contributed by atoms with Crippen LogP contribution >= 0.6 is 0 Å². The number of hydrogen-bond donors (Lipinski definition) is 0. The van der Waals surface area contributed by atoms with Gasteiger partial charge in [-0.1, -0.05) is 6.07 Å². The summed E-state index contributed by atoms with van der Waals surface area (Å²) in [6.45, 7) is 1.73. The SMILES string of the molecule is Cc1cccn(-c2ccc([N+](=O)[O-])cc2)c1=O. The minimum absolute atomic E-state index is 0.00875. The van der Waals surface area contributed by atoms with Gasteiger partial charge in [0.2, 0.25) is 0 Å². The Morgan fingerprint density at radius 2 is 1.82 bits per heavy atom. The molecule has 0 aliphatic rings. The van der Waals surface area contributed by atoms with Crippen LogP contribution in [0.5, 0.6) is 0 Å². The Bertz CT molecular complexity index is 614. The Morgan fingerprint density at radius 3 is 2.41 bits per heavy atom. The van der Waals surface area contributed by atoms with Gasteiger partial charge in [-0.05, 0) is 25.1 Å². The van der Waals surface area contributed by atoms with E-state index in [0.29, 0.717) is 11.3 Å². The zero-order chi connectivity index (χ0) is 12.4. The molecule has 1 aromatic carbocycles. The molecule has 0 saturated carbocycles. The number of aryl methyl sites for hydroxylation is 1. The predicted octanol–water partition coefficient (Wildman–Crippen LogP) is 2.05. The average Bonchev–Trinajstić information content (AvgIpc) is 2.33. The van der Waals surface area contributed by atoms with Gasteiger partial charge in [-0.2, -0.15) is 0 Å². The summed E-state index contributed by atoms with van der Waals surface area (Å²) >= 11 is 0. The number of pyridine rings is 1. The summed E-state index contributed by atoms with van der Waals surface area (Å²) < 4.78 is 1.46. The summed E-state index contributed by atoms with van der Waals surface area (Å²) in [5.74, 6) is 0. The van der Waals surface area contributed by atoms with Gasteiger partial charge in [0.25, 0.3) is 11.2 Å². The second kappa shape index (κ2) is 4.21. The first-order valence-corrected chi connectivity index (χ1v) is 5.03. The summed E-state index contributed by atoms with van der Waals surface area (Å²) in [4.78, 5) is 21.9. The van der Waals surface area contributed by atoms with Crippen LogP contribution in [-0.4, -0.2) is 9.49 Å². The highest BCUT2D eigenvalue weighted by molar-refractivity contribution is 5.41. The number of benzene rings is 1. The Balaban J connectivity index is 2.51. The fourth-order valence-corrected chi connectivity index (χ4v) is 1.54. The lowest BCUT2D eigenvalue weighted by Gasteiger charge is -2.05. The smallest absolute Gasteiger partial charge is 0.269 e. The maximum Gasteiger partial charge on any atom is 0.269 e. The maximum atomic E-state index is 11.8. The normalized spacial score (nSPS) is 10.2. The third-order valence-electron chi connectivity index (χ3n) is 2.48. The maximum absolute atomic E-state index is 11.8. The molecule has 5 heteroatoms. The van der Waals surface area contributed by atoms with Gasteiger partial charge in [-0.3, -0.25) is 19.5 Å². The van der Waals surface area contributed by atoms with Crippen molar-refractivity contribution in [2.75, 3.05) is 0 Å². The van der Waals surface area contributed by atoms with E-state index in [-0.39, 0.29) is 11.2 Å². The molecule has 0 spiro atoms. The molecule has 17 heavy (non-hydrogen) atoms. The monoisotopic (exact) mass is 230 g/mol. The highest BCUT2D eigenvalue weighted by atomic mass is 16.6. The van der Waals surface area contributed by atoms with Crippen molar-refractivity contribution in [3.63, 3.8) is 0 Å². The molecule has 0 aliphatic heterocycles. The van der Waals surface area contributed by atoms with Crippen LogP contribution in [-0.2, 0) is 0 Å². The molecular weight excluding hydrogens is 220 g/mol. The Morgan fingerprint density at radius 1 is 1.18 bits per heavy atom. The van der Waals surface area contributed by atoms with E-state index in [0.717, 1.165) is 0 Å². The summed E-state index contributed by atoms with van der Waals surface area (Å²) in [6, 6.07) is 9.36. The lowest BCUT2D eigenvalue weighted by Crippen LogP contribution is -2.19. The van der Waals surface area contributed by atoms with E-state index in [4.69, 9.17) is 0 Å². The Kier molecular flexibility index (Phi) is 2.74. The van der Waals surface area contributed by atoms with Crippen molar-refractivity contribution in [1.29, 1.82) is 0 Å². The van der Waals surface area contributed by atoms with Gasteiger partial charge in [0.15, 0.2) is 0 Å². The van der Waals surface area contributed by atoms with E-state index < -0.39 is 4.92 Å². The van der Waals surface area contributed by atoms with Crippen LogP contribution < -0.4 is 5.56 Å². The molecule has 0 aliphatic carbocycles. The van der Waals surface area contributed by atoms with Crippen molar-refractivity contribution in [3.8, 4) is 5.69 Å². The van der Waals surface area contributed by atoms with Crippen LogP contribution in [0.4, 0.5) is 5.69 Å². The highest BCUT2D eigenvalue weighted by Crippen LogP contribution is 2.13. The second-order valence-electron chi connectivity index (χ2n) is 3.64. The number of nitro benzene ring substituents is 1. The first-order valence-electron chi connectivity index (χ1n) is 5.03. The predicted molar refractivity (Wildman–Crippen MR) is 63.4 cm³/mol. The van der Waals surface area contributed by atoms with E-state index in [1.165, 1.54) is 16.7 Å². The quantitative estimate of drug-likeness (QED) is 0.585. The fourth-order valence-electron chi connectivity index (χ4n) is 1.54. The van der Waals surface area contributed by atoms with Crippen LogP contribution in [0.2, 0.25) is 0 Å². The van der Waals surface area contributed by atoms with Gasteiger partial charge in [0.05, 0.1) is 4.92 Å². The zero-order valence-corrected chi connectivity index (χ0v) is 9.16. The summed E-state index contributed by atoms with van der Waals surface area (Å²) in [5, 5.41) is 10.5. The molecular formula is C12H10N2O3. The third kappa shape index (κ3) is 2.08. The van der Waals surface area contributed by atoms with Crippen LogP contribution in [0.15, 0.2) is 47.4 Å². The number of non-ortho nitro benzene ring substituents is 1. The fraction of sp³-hybridized carbons (Fsp3) is 0.0833. The largest absolute Gasteiger partial charge is 0.284 e. The topological polar surface area (TPSA) is 65.1 Å². The van der Waals surface area contributed by atoms with Gasteiger partial charge >= 0.3 is 0 Å². The molecule has 2 aromatic rings. The van der Waals surface area contributed by atoms with E-state index in [1.54, 1.807) is 37.4 Å². The summed E-state index contributed by atoms with van der Waals surface area (Å²) in [7, 11) is 0. The molecule has 1 aromatic heterocycles. The highest BCUT2D eigenvalue weighted by Gasteiger charge is 2.06. The molecule has 86 valence electrons. The van der Waals surface area contributed by atoms with Gasteiger partial charge in [0.1, 0.15) is 0 Å². The van der Waals surface area contributed by atoms with Crippen molar-refractivity contribution in [1.82, 2.24) is 4.57 Å². The molecule has 5 nitrogen and oxygen atoms in total. The summed E-state index contributed by atoms with van der Waals surface area (Å²) in [6.07, 6.45) is 1.64. The zero-order valence-electron chi connectivity index (χ0n) is 9.16. The average molecular weight is 230 g/mol. The van der Waals surface area contributed by atoms with Crippen molar-refractivity contribution in [2.24, 2.45) is 0 Å². The molecule has 0 fully saturated rings.